The zero-order chi connectivity index (χ0) is 39.9. The Balaban J connectivity index is 0.000000237. The number of morpholine rings is 1. The van der Waals surface area contributed by atoms with Crippen molar-refractivity contribution < 1.29 is 4.74 Å². The number of hydrogen-bond acceptors (Lipinski definition) is 9. The average Bonchev–Trinajstić information content (AvgIpc) is 3.20. The van der Waals surface area contributed by atoms with E-state index in [2.05, 4.69) is 122 Å². The lowest BCUT2D eigenvalue weighted by atomic mass is 10.0. The molecular formula is C45H96N8O. The van der Waals surface area contributed by atoms with Crippen LogP contribution in [-0.2, 0) is 4.74 Å². The van der Waals surface area contributed by atoms with Crippen LogP contribution in [0.25, 0.3) is 0 Å². The highest BCUT2D eigenvalue weighted by Gasteiger charge is 2.26. The number of likely N-dealkylation sites (tertiary alicyclic amines) is 3. The summed E-state index contributed by atoms with van der Waals surface area (Å²) in [6.45, 7) is 48.3. The van der Waals surface area contributed by atoms with E-state index in [1.807, 2.05) is 0 Å². The highest BCUT2D eigenvalue weighted by molar-refractivity contribution is 4.82. The highest BCUT2D eigenvalue weighted by atomic mass is 16.5. The van der Waals surface area contributed by atoms with Crippen LogP contribution in [0.1, 0.15) is 128 Å². The Labute approximate surface area is 338 Å². The molecule has 0 bridgehead atoms. The van der Waals surface area contributed by atoms with Crippen molar-refractivity contribution in [3.05, 3.63) is 0 Å². The maximum atomic E-state index is 5.40. The molecule has 6 aliphatic rings. The highest BCUT2D eigenvalue weighted by Crippen LogP contribution is 2.19. The van der Waals surface area contributed by atoms with E-state index in [1.165, 1.54) is 150 Å². The summed E-state index contributed by atoms with van der Waals surface area (Å²) in [5, 5.41) is 0. The first-order chi connectivity index (χ1) is 25.8. The quantitative estimate of drug-likeness (QED) is 0.284. The van der Waals surface area contributed by atoms with Crippen LogP contribution >= 0.6 is 0 Å². The van der Waals surface area contributed by atoms with Gasteiger partial charge in [0.05, 0.1) is 13.2 Å². The molecule has 0 aromatic rings. The molecule has 6 saturated heterocycles. The summed E-state index contributed by atoms with van der Waals surface area (Å²) in [4.78, 5) is 20.3. The number of hydrogen-bond donors (Lipinski definition) is 0. The van der Waals surface area contributed by atoms with Gasteiger partial charge in [0, 0.05) is 102 Å². The Kier molecular flexibility index (Phi) is 26.7. The lowest BCUT2D eigenvalue weighted by Gasteiger charge is -2.41. The molecule has 54 heavy (non-hydrogen) atoms. The molecule has 0 atom stereocenters. The summed E-state index contributed by atoms with van der Waals surface area (Å²) < 4.78 is 5.40. The molecule has 6 heterocycles. The van der Waals surface area contributed by atoms with Crippen molar-refractivity contribution >= 4 is 0 Å². The number of piperazine rings is 2. The van der Waals surface area contributed by atoms with Crippen molar-refractivity contribution in [2.45, 2.75) is 164 Å². The van der Waals surface area contributed by atoms with Gasteiger partial charge in [0.15, 0.2) is 0 Å². The fraction of sp³-hybridized carbons (Fsp3) is 1.00. The minimum Gasteiger partial charge on any atom is -0.379 e. The van der Waals surface area contributed by atoms with Gasteiger partial charge in [-0.25, -0.2) is 0 Å². The minimum absolute atomic E-state index is 0.718. The van der Waals surface area contributed by atoms with Crippen LogP contribution in [0.3, 0.4) is 0 Å². The van der Waals surface area contributed by atoms with E-state index in [4.69, 9.17) is 4.74 Å². The van der Waals surface area contributed by atoms with E-state index in [0.717, 1.165) is 62.6 Å². The minimum atomic E-state index is 0.718. The van der Waals surface area contributed by atoms with Gasteiger partial charge < -0.3 is 29.2 Å². The second-order valence-electron chi connectivity index (χ2n) is 18.4. The van der Waals surface area contributed by atoms with E-state index in [0.29, 0.717) is 0 Å². The summed E-state index contributed by atoms with van der Waals surface area (Å²) in [6, 6.07) is 4.54. The Morgan fingerprint density at radius 3 is 1.07 bits per heavy atom. The van der Waals surface area contributed by atoms with Gasteiger partial charge in [0.1, 0.15) is 0 Å². The van der Waals surface area contributed by atoms with Crippen molar-refractivity contribution in [3.8, 4) is 0 Å². The predicted octanol–water partition coefficient (Wildman–Crippen LogP) is 6.63. The van der Waals surface area contributed by atoms with E-state index < -0.39 is 0 Å². The standard InChI is InChI=1S/C12H24N2O.C9H20N2.C8H18N2.2C8H17N/c1-11(2)13-5-3-12(4-6-13)14-7-9-15-10-8-14;1-4-10-5-7-11(8-6-10)9(2)3;1-8(2)10-6-4-9(3)5-7-10;2*1-8(2)9-6-4-3-5-7-9/h11-12H,3-10H2,1-2H3;9H,4-8H2,1-3H3;8H,4-7H2,1-3H3;2*8H,3-7H2,1-2H3. The third-order valence-corrected chi connectivity index (χ3v) is 12.9. The molecule has 0 unspecified atom stereocenters. The molecule has 0 saturated carbocycles. The second kappa shape index (κ2) is 28.9. The van der Waals surface area contributed by atoms with Crippen molar-refractivity contribution in [3.63, 3.8) is 0 Å². The van der Waals surface area contributed by atoms with Crippen LogP contribution in [0.4, 0.5) is 0 Å². The Hall–Kier alpha value is -0.360. The number of nitrogens with zero attached hydrogens (tertiary/aromatic N) is 8. The predicted molar refractivity (Wildman–Crippen MR) is 236 cm³/mol. The second-order valence-corrected chi connectivity index (χ2v) is 18.4. The van der Waals surface area contributed by atoms with Gasteiger partial charge in [-0.3, -0.25) is 14.7 Å². The van der Waals surface area contributed by atoms with Crippen LogP contribution < -0.4 is 0 Å². The molecule has 0 spiro atoms. The third kappa shape index (κ3) is 20.9. The zero-order valence-corrected chi connectivity index (χ0v) is 38.5. The Bertz CT molecular complexity index is 824. The van der Waals surface area contributed by atoms with E-state index in [1.54, 1.807) is 0 Å². The fourth-order valence-corrected chi connectivity index (χ4v) is 8.51. The smallest absolute Gasteiger partial charge is 0.0594 e. The van der Waals surface area contributed by atoms with Crippen molar-refractivity contribution in [2.24, 2.45) is 0 Å². The zero-order valence-electron chi connectivity index (χ0n) is 38.5. The molecule has 322 valence electrons. The average molecular weight is 765 g/mol. The molecule has 0 aromatic carbocycles. The molecule has 0 N–H and O–H groups in total. The topological polar surface area (TPSA) is 35.2 Å². The number of ether oxygens (including phenoxy) is 1. The molecular weight excluding hydrogens is 669 g/mol. The lowest BCUT2D eigenvalue weighted by Crippen LogP contribution is -2.50. The number of piperidine rings is 3. The summed E-state index contributed by atoms with van der Waals surface area (Å²) in [7, 11) is 2.19. The van der Waals surface area contributed by atoms with Gasteiger partial charge in [0.25, 0.3) is 0 Å². The number of rotatable bonds is 7. The maximum absolute atomic E-state index is 5.40. The van der Waals surface area contributed by atoms with Crippen LogP contribution in [0.2, 0.25) is 0 Å². The van der Waals surface area contributed by atoms with Gasteiger partial charge in [-0.2, -0.15) is 0 Å². The molecule has 0 amide bonds. The fourth-order valence-electron chi connectivity index (χ4n) is 8.51. The van der Waals surface area contributed by atoms with Crippen molar-refractivity contribution in [2.75, 3.05) is 132 Å². The van der Waals surface area contributed by atoms with Gasteiger partial charge in [0.2, 0.25) is 0 Å². The van der Waals surface area contributed by atoms with Crippen LogP contribution in [-0.4, -0.2) is 207 Å². The molecule has 0 radical (unpaired) electrons. The molecule has 0 aliphatic carbocycles. The molecule has 9 heteroatoms. The summed E-state index contributed by atoms with van der Waals surface area (Å²) in [6.07, 6.45) is 11.2. The maximum Gasteiger partial charge on any atom is 0.0594 e. The van der Waals surface area contributed by atoms with E-state index in [-0.39, 0.29) is 0 Å². The number of likely N-dealkylation sites (N-methyl/N-ethyl adjacent to an activating group) is 2. The molecule has 6 fully saturated rings. The van der Waals surface area contributed by atoms with E-state index in [9.17, 15) is 0 Å². The van der Waals surface area contributed by atoms with Gasteiger partial charge in [-0.05, 0) is 161 Å². The third-order valence-electron chi connectivity index (χ3n) is 12.9. The molecule has 0 aromatic heterocycles. The van der Waals surface area contributed by atoms with Crippen LogP contribution in [0.5, 0.6) is 0 Å². The van der Waals surface area contributed by atoms with Gasteiger partial charge in [-0.1, -0.05) is 19.8 Å². The molecule has 6 aliphatic heterocycles. The first-order valence-electron chi connectivity index (χ1n) is 23.2. The Morgan fingerprint density at radius 1 is 0.407 bits per heavy atom. The van der Waals surface area contributed by atoms with Crippen LogP contribution in [0, 0.1) is 0 Å². The Morgan fingerprint density at radius 2 is 0.741 bits per heavy atom. The normalized spacial score (nSPS) is 24.4. The van der Waals surface area contributed by atoms with Crippen LogP contribution in [0.15, 0.2) is 0 Å². The largest absolute Gasteiger partial charge is 0.379 e. The van der Waals surface area contributed by atoms with Crippen molar-refractivity contribution in [1.29, 1.82) is 0 Å². The van der Waals surface area contributed by atoms with Gasteiger partial charge >= 0.3 is 0 Å². The first kappa shape index (κ1) is 49.8. The summed E-state index contributed by atoms with van der Waals surface area (Å²) in [5.74, 6) is 0. The summed E-state index contributed by atoms with van der Waals surface area (Å²) in [5.41, 5.74) is 0. The van der Waals surface area contributed by atoms with Crippen molar-refractivity contribution in [1.82, 2.24) is 39.2 Å². The molecule has 9 nitrogen and oxygen atoms in total. The monoisotopic (exact) mass is 765 g/mol. The SMILES string of the molecule is CC(C)N1CCC(N2CCOCC2)CC1.CC(C)N1CCCCC1.CC(C)N1CCCCC1.CC(C)N1CCN(C)CC1.CCN1CCN(C(C)C)CC1. The molecule has 6 rings (SSSR count). The first-order valence-corrected chi connectivity index (χ1v) is 23.2. The summed E-state index contributed by atoms with van der Waals surface area (Å²) >= 11 is 0. The van der Waals surface area contributed by atoms with Gasteiger partial charge in [-0.15, -0.1) is 0 Å². The lowest BCUT2D eigenvalue weighted by molar-refractivity contribution is -0.00175. The van der Waals surface area contributed by atoms with E-state index >= 15 is 0 Å².